The van der Waals surface area contributed by atoms with Crippen LogP contribution < -0.4 is 11.5 Å². The zero-order valence-corrected chi connectivity index (χ0v) is 8.64. The summed E-state index contributed by atoms with van der Waals surface area (Å²) in [6.07, 6.45) is 2.42. The molecular weight excluding hydrogens is 188 g/mol. The molecule has 78 valence electrons. The Hall–Kier alpha value is -1.68. The van der Waals surface area contributed by atoms with Gasteiger partial charge in [0, 0.05) is 6.04 Å². The van der Waals surface area contributed by atoms with E-state index in [1.165, 1.54) is 5.56 Å². The molecule has 0 amide bonds. The van der Waals surface area contributed by atoms with Crippen molar-refractivity contribution in [2.24, 2.45) is 5.73 Å². The molecule has 4 heteroatoms. The molecule has 1 unspecified atom stereocenters. The van der Waals surface area contributed by atoms with Gasteiger partial charge in [-0.25, -0.2) is 4.98 Å². The van der Waals surface area contributed by atoms with Crippen LogP contribution in [0.15, 0.2) is 24.4 Å². The van der Waals surface area contributed by atoms with Crippen LogP contribution in [0.2, 0.25) is 0 Å². The summed E-state index contributed by atoms with van der Waals surface area (Å²) in [5.41, 5.74) is 14.1. The molecule has 1 atom stereocenters. The van der Waals surface area contributed by atoms with Crippen LogP contribution in [-0.2, 0) is 6.42 Å². The number of aromatic nitrogens is 2. The molecule has 0 spiro atoms. The number of nitrogens with two attached hydrogens (primary N) is 2. The van der Waals surface area contributed by atoms with Gasteiger partial charge in [-0.2, -0.15) is 0 Å². The number of hydrogen-bond donors (Lipinski definition) is 2. The molecule has 0 aliphatic rings. The van der Waals surface area contributed by atoms with Gasteiger partial charge in [-0.05, 0) is 31.0 Å². The lowest BCUT2D eigenvalue weighted by Gasteiger charge is -2.05. The first kappa shape index (κ1) is 9.86. The topological polar surface area (TPSA) is 77.8 Å². The first-order valence-corrected chi connectivity index (χ1v) is 4.92. The van der Waals surface area contributed by atoms with Crippen LogP contribution in [0.3, 0.4) is 0 Å². The average Bonchev–Trinajstić information content (AvgIpc) is 2.17. The van der Waals surface area contributed by atoms with Crippen LogP contribution >= 0.6 is 0 Å². The third-order valence-corrected chi connectivity index (χ3v) is 2.18. The lowest BCUT2D eigenvalue weighted by Crippen LogP contribution is -2.17. The van der Waals surface area contributed by atoms with Crippen molar-refractivity contribution in [2.45, 2.75) is 19.4 Å². The molecule has 1 heterocycles. The molecule has 4 nitrogen and oxygen atoms in total. The lowest BCUT2D eigenvalue weighted by atomic mass is 10.1. The molecule has 0 saturated carbocycles. The highest BCUT2D eigenvalue weighted by Crippen LogP contribution is 2.13. The summed E-state index contributed by atoms with van der Waals surface area (Å²) in [5.74, 6) is 0.447. The minimum atomic E-state index is 0.157. The first-order valence-electron chi connectivity index (χ1n) is 4.92. The Morgan fingerprint density at radius 2 is 2.13 bits per heavy atom. The Labute approximate surface area is 88.3 Å². The van der Waals surface area contributed by atoms with E-state index in [0.29, 0.717) is 5.82 Å². The number of nitrogens with zero attached hydrogens (tertiary/aromatic N) is 2. The van der Waals surface area contributed by atoms with Crippen LogP contribution in [-0.4, -0.2) is 16.0 Å². The van der Waals surface area contributed by atoms with Gasteiger partial charge >= 0.3 is 0 Å². The van der Waals surface area contributed by atoms with Crippen molar-refractivity contribution in [2.75, 3.05) is 5.73 Å². The number of hydrogen-bond acceptors (Lipinski definition) is 4. The Balaban J connectivity index is 2.43. The maximum absolute atomic E-state index is 5.74. The quantitative estimate of drug-likeness (QED) is 0.764. The number of fused-ring (bicyclic) bond motifs is 1. The monoisotopic (exact) mass is 202 g/mol. The smallest absolute Gasteiger partial charge is 0.142 e. The number of nitrogen functional groups attached to an aromatic ring is 1. The van der Waals surface area contributed by atoms with Crippen molar-refractivity contribution in [3.63, 3.8) is 0 Å². The summed E-state index contributed by atoms with van der Waals surface area (Å²) in [4.78, 5) is 8.40. The fraction of sp³-hybridized carbons (Fsp3) is 0.273. The van der Waals surface area contributed by atoms with Crippen molar-refractivity contribution >= 4 is 16.9 Å². The van der Waals surface area contributed by atoms with Crippen molar-refractivity contribution in [1.82, 2.24) is 9.97 Å². The summed E-state index contributed by atoms with van der Waals surface area (Å²) in [5, 5.41) is 0. The van der Waals surface area contributed by atoms with E-state index in [1.54, 1.807) is 6.20 Å². The van der Waals surface area contributed by atoms with Gasteiger partial charge in [0.15, 0.2) is 0 Å². The molecule has 2 rings (SSSR count). The maximum atomic E-state index is 5.74. The van der Waals surface area contributed by atoms with E-state index in [9.17, 15) is 0 Å². The molecule has 0 radical (unpaired) electrons. The second-order valence-corrected chi connectivity index (χ2v) is 3.80. The zero-order valence-electron chi connectivity index (χ0n) is 8.64. The van der Waals surface area contributed by atoms with E-state index in [1.807, 2.05) is 25.1 Å². The average molecular weight is 202 g/mol. The first-order chi connectivity index (χ1) is 7.15. The summed E-state index contributed by atoms with van der Waals surface area (Å²) in [7, 11) is 0. The second-order valence-electron chi connectivity index (χ2n) is 3.80. The Bertz CT molecular complexity index is 479. The fourth-order valence-electron chi connectivity index (χ4n) is 1.57. The predicted molar refractivity (Wildman–Crippen MR) is 61.3 cm³/mol. The summed E-state index contributed by atoms with van der Waals surface area (Å²) < 4.78 is 0. The van der Waals surface area contributed by atoms with Crippen LogP contribution in [0.5, 0.6) is 0 Å². The number of rotatable bonds is 2. The van der Waals surface area contributed by atoms with Gasteiger partial charge in [-0.15, -0.1) is 0 Å². The van der Waals surface area contributed by atoms with Gasteiger partial charge in [0.1, 0.15) is 5.82 Å². The summed E-state index contributed by atoms with van der Waals surface area (Å²) >= 11 is 0. The van der Waals surface area contributed by atoms with E-state index in [0.717, 1.165) is 17.5 Å². The molecule has 0 aliphatic heterocycles. The van der Waals surface area contributed by atoms with Crippen LogP contribution in [0.25, 0.3) is 11.0 Å². The molecule has 4 N–H and O–H groups in total. The Morgan fingerprint density at radius 3 is 2.87 bits per heavy atom. The van der Waals surface area contributed by atoms with Gasteiger partial charge in [0.2, 0.25) is 0 Å². The molecule has 15 heavy (non-hydrogen) atoms. The highest BCUT2D eigenvalue weighted by atomic mass is 14.9. The maximum Gasteiger partial charge on any atom is 0.142 e. The van der Waals surface area contributed by atoms with Crippen molar-refractivity contribution in [3.05, 3.63) is 30.0 Å². The molecule has 0 fully saturated rings. The van der Waals surface area contributed by atoms with Gasteiger partial charge in [0.25, 0.3) is 0 Å². The third kappa shape index (κ3) is 2.22. The van der Waals surface area contributed by atoms with Crippen LogP contribution in [0, 0.1) is 0 Å². The Morgan fingerprint density at radius 1 is 1.33 bits per heavy atom. The van der Waals surface area contributed by atoms with E-state index in [4.69, 9.17) is 11.5 Å². The Kier molecular flexibility index (Phi) is 2.51. The van der Waals surface area contributed by atoms with Crippen molar-refractivity contribution in [3.8, 4) is 0 Å². The standard InChI is InChI=1S/C11H14N4/c1-7(12)4-8-2-3-9-10(5-8)14-6-11(13)15-9/h2-3,5-7H,4,12H2,1H3,(H2,13,15). The fourth-order valence-corrected chi connectivity index (χ4v) is 1.57. The molecule has 0 saturated heterocycles. The second kappa shape index (κ2) is 3.82. The molecule has 0 bridgehead atoms. The van der Waals surface area contributed by atoms with Gasteiger partial charge in [-0.3, -0.25) is 4.98 Å². The van der Waals surface area contributed by atoms with Crippen LogP contribution in [0.4, 0.5) is 5.82 Å². The predicted octanol–water partition coefficient (Wildman–Crippen LogP) is 1.10. The normalized spacial score (nSPS) is 12.9. The highest BCUT2D eigenvalue weighted by Gasteiger charge is 2.01. The van der Waals surface area contributed by atoms with E-state index < -0.39 is 0 Å². The van der Waals surface area contributed by atoms with Gasteiger partial charge in [-0.1, -0.05) is 6.07 Å². The summed E-state index contributed by atoms with van der Waals surface area (Å²) in [6.45, 7) is 1.98. The van der Waals surface area contributed by atoms with E-state index >= 15 is 0 Å². The molecular formula is C11H14N4. The minimum Gasteiger partial charge on any atom is -0.382 e. The third-order valence-electron chi connectivity index (χ3n) is 2.18. The summed E-state index contributed by atoms with van der Waals surface area (Å²) in [6, 6.07) is 6.10. The van der Waals surface area contributed by atoms with E-state index in [2.05, 4.69) is 9.97 Å². The largest absolute Gasteiger partial charge is 0.382 e. The van der Waals surface area contributed by atoms with Gasteiger partial charge < -0.3 is 11.5 Å². The van der Waals surface area contributed by atoms with Crippen molar-refractivity contribution < 1.29 is 0 Å². The highest BCUT2D eigenvalue weighted by molar-refractivity contribution is 5.76. The lowest BCUT2D eigenvalue weighted by molar-refractivity contribution is 0.738. The molecule has 2 aromatic rings. The molecule has 0 aliphatic carbocycles. The molecule has 1 aromatic carbocycles. The van der Waals surface area contributed by atoms with Gasteiger partial charge in [0.05, 0.1) is 17.2 Å². The zero-order chi connectivity index (χ0) is 10.8. The van der Waals surface area contributed by atoms with Crippen LogP contribution in [0.1, 0.15) is 12.5 Å². The number of benzene rings is 1. The van der Waals surface area contributed by atoms with E-state index in [-0.39, 0.29) is 6.04 Å². The molecule has 1 aromatic heterocycles. The number of anilines is 1. The minimum absolute atomic E-state index is 0.157. The SMILES string of the molecule is CC(N)Cc1ccc2nc(N)cnc2c1. The van der Waals surface area contributed by atoms with Crippen molar-refractivity contribution in [1.29, 1.82) is 0 Å².